The number of methoxy groups -OCH3 is 1. The number of aromatic nitrogens is 1. The molecule has 106 valence electrons. The van der Waals surface area contributed by atoms with Gasteiger partial charge < -0.3 is 10.1 Å². The molecular weight excluding hydrogens is 258 g/mol. The Morgan fingerprint density at radius 2 is 2.15 bits per heavy atom. The number of ether oxygens (including phenoxy) is 1. The van der Waals surface area contributed by atoms with Crippen LogP contribution >= 0.6 is 0 Å². The van der Waals surface area contributed by atoms with Crippen LogP contribution in [0.15, 0.2) is 30.3 Å². The van der Waals surface area contributed by atoms with Crippen LogP contribution in [0, 0.1) is 10.1 Å². The number of nitrogens with zero attached hydrogens (tertiary/aromatic N) is 2. The van der Waals surface area contributed by atoms with Gasteiger partial charge in [0.05, 0.1) is 10.4 Å². The standard InChI is InChI=1S/C14H17N3O3/c1-20-9-3-2-8-15-14-7-4-11-10-12(17(18)19)5-6-13(11)16-14/h4-7,10H,2-3,8-9H2,1H3,(H,15,16). The van der Waals surface area contributed by atoms with Gasteiger partial charge in [0.1, 0.15) is 5.82 Å². The third-order valence-corrected chi connectivity index (χ3v) is 2.96. The molecule has 0 aliphatic heterocycles. The van der Waals surface area contributed by atoms with Gasteiger partial charge in [0.25, 0.3) is 5.69 Å². The van der Waals surface area contributed by atoms with E-state index in [9.17, 15) is 10.1 Å². The molecule has 1 aromatic carbocycles. The summed E-state index contributed by atoms with van der Waals surface area (Å²) in [6, 6.07) is 8.35. The fourth-order valence-electron chi connectivity index (χ4n) is 1.91. The van der Waals surface area contributed by atoms with E-state index in [-0.39, 0.29) is 5.69 Å². The minimum absolute atomic E-state index is 0.0829. The number of hydrogen-bond donors (Lipinski definition) is 1. The van der Waals surface area contributed by atoms with Crippen molar-refractivity contribution in [2.75, 3.05) is 25.6 Å². The molecule has 0 aliphatic carbocycles. The summed E-state index contributed by atoms with van der Waals surface area (Å²) >= 11 is 0. The number of rotatable bonds is 7. The van der Waals surface area contributed by atoms with Gasteiger partial charge in [-0.1, -0.05) is 0 Å². The zero-order valence-corrected chi connectivity index (χ0v) is 11.3. The first-order chi connectivity index (χ1) is 9.70. The van der Waals surface area contributed by atoms with E-state index in [0.29, 0.717) is 0 Å². The summed E-state index contributed by atoms with van der Waals surface area (Å²) in [7, 11) is 1.69. The first-order valence-corrected chi connectivity index (χ1v) is 6.49. The fraction of sp³-hybridized carbons (Fsp3) is 0.357. The van der Waals surface area contributed by atoms with Crippen LogP contribution in [-0.4, -0.2) is 30.2 Å². The molecule has 0 fully saturated rings. The molecule has 1 aromatic heterocycles. The molecule has 0 saturated heterocycles. The van der Waals surface area contributed by atoms with Gasteiger partial charge >= 0.3 is 0 Å². The highest BCUT2D eigenvalue weighted by atomic mass is 16.6. The zero-order chi connectivity index (χ0) is 14.4. The molecule has 0 radical (unpaired) electrons. The Balaban J connectivity index is 2.02. The van der Waals surface area contributed by atoms with Gasteiger partial charge in [0.2, 0.25) is 0 Å². The number of benzene rings is 1. The number of nitro benzene ring substituents is 1. The van der Waals surface area contributed by atoms with Gasteiger partial charge in [-0.15, -0.1) is 0 Å². The largest absolute Gasteiger partial charge is 0.385 e. The topological polar surface area (TPSA) is 77.3 Å². The predicted molar refractivity (Wildman–Crippen MR) is 78.0 cm³/mol. The van der Waals surface area contributed by atoms with Crippen LogP contribution in [0.5, 0.6) is 0 Å². The highest BCUT2D eigenvalue weighted by Crippen LogP contribution is 2.21. The SMILES string of the molecule is COCCCCNc1ccc2cc([N+](=O)[O-])ccc2n1. The summed E-state index contributed by atoms with van der Waals surface area (Å²) in [6.07, 6.45) is 2.01. The highest BCUT2D eigenvalue weighted by molar-refractivity contribution is 5.82. The van der Waals surface area contributed by atoms with Crippen molar-refractivity contribution < 1.29 is 9.66 Å². The molecule has 0 atom stereocenters. The summed E-state index contributed by atoms with van der Waals surface area (Å²) in [4.78, 5) is 14.7. The van der Waals surface area contributed by atoms with Crippen LogP contribution < -0.4 is 5.32 Å². The van der Waals surface area contributed by atoms with Gasteiger partial charge in [-0.2, -0.15) is 0 Å². The maximum absolute atomic E-state index is 10.7. The van der Waals surface area contributed by atoms with Crippen LogP contribution in [0.3, 0.4) is 0 Å². The second-order valence-electron chi connectivity index (χ2n) is 4.46. The van der Waals surface area contributed by atoms with E-state index in [1.807, 2.05) is 12.1 Å². The van der Waals surface area contributed by atoms with Crippen molar-refractivity contribution in [3.63, 3.8) is 0 Å². The first-order valence-electron chi connectivity index (χ1n) is 6.49. The predicted octanol–water partition coefficient (Wildman–Crippen LogP) is 2.98. The van der Waals surface area contributed by atoms with Gasteiger partial charge in [0, 0.05) is 37.8 Å². The van der Waals surface area contributed by atoms with Gasteiger partial charge in [0.15, 0.2) is 0 Å². The molecular formula is C14H17N3O3. The van der Waals surface area contributed by atoms with Crippen molar-refractivity contribution in [2.24, 2.45) is 0 Å². The molecule has 6 heteroatoms. The number of non-ortho nitro benzene ring substituents is 1. The number of pyridine rings is 1. The Hall–Kier alpha value is -2.21. The molecule has 0 unspecified atom stereocenters. The first kappa shape index (κ1) is 14.2. The average Bonchev–Trinajstić information content (AvgIpc) is 2.46. The second-order valence-corrected chi connectivity index (χ2v) is 4.46. The minimum Gasteiger partial charge on any atom is -0.385 e. The van der Waals surface area contributed by atoms with Gasteiger partial charge in [-0.3, -0.25) is 10.1 Å². The van der Waals surface area contributed by atoms with E-state index in [0.717, 1.165) is 42.7 Å². The zero-order valence-electron chi connectivity index (χ0n) is 11.3. The number of anilines is 1. The van der Waals surface area contributed by atoms with E-state index < -0.39 is 4.92 Å². The molecule has 0 bridgehead atoms. The Labute approximate surface area is 116 Å². The van der Waals surface area contributed by atoms with Crippen molar-refractivity contribution in [1.29, 1.82) is 0 Å². The van der Waals surface area contributed by atoms with Crippen LogP contribution in [0.25, 0.3) is 10.9 Å². The van der Waals surface area contributed by atoms with Crippen molar-refractivity contribution >= 4 is 22.4 Å². The summed E-state index contributed by atoms with van der Waals surface area (Å²) in [5, 5.41) is 14.7. The number of nitro groups is 1. The third-order valence-electron chi connectivity index (χ3n) is 2.96. The third kappa shape index (κ3) is 3.64. The molecule has 0 saturated carbocycles. The van der Waals surface area contributed by atoms with Gasteiger partial charge in [-0.05, 0) is 31.0 Å². The maximum Gasteiger partial charge on any atom is 0.270 e. The van der Waals surface area contributed by atoms with E-state index in [2.05, 4.69) is 10.3 Å². The average molecular weight is 275 g/mol. The maximum atomic E-state index is 10.7. The molecule has 0 aliphatic rings. The Bertz CT molecular complexity index is 601. The quantitative estimate of drug-likeness (QED) is 0.477. The molecule has 2 aromatic rings. The molecule has 2 rings (SSSR count). The van der Waals surface area contributed by atoms with E-state index in [1.165, 1.54) is 12.1 Å². The van der Waals surface area contributed by atoms with E-state index >= 15 is 0 Å². The molecule has 1 heterocycles. The normalized spacial score (nSPS) is 10.7. The van der Waals surface area contributed by atoms with Crippen molar-refractivity contribution in [2.45, 2.75) is 12.8 Å². The van der Waals surface area contributed by atoms with Crippen LogP contribution in [0.2, 0.25) is 0 Å². The molecule has 0 amide bonds. The smallest absolute Gasteiger partial charge is 0.270 e. The lowest BCUT2D eigenvalue weighted by Gasteiger charge is -2.06. The van der Waals surface area contributed by atoms with Crippen LogP contribution in [-0.2, 0) is 4.74 Å². The lowest BCUT2D eigenvalue weighted by atomic mass is 10.2. The molecule has 0 spiro atoms. The Kier molecular flexibility index (Phi) is 4.84. The van der Waals surface area contributed by atoms with E-state index in [4.69, 9.17) is 4.74 Å². The van der Waals surface area contributed by atoms with Gasteiger partial charge in [-0.25, -0.2) is 4.98 Å². The van der Waals surface area contributed by atoms with Crippen molar-refractivity contribution in [3.05, 3.63) is 40.4 Å². The number of fused-ring (bicyclic) bond motifs is 1. The summed E-state index contributed by atoms with van der Waals surface area (Å²) in [5.41, 5.74) is 0.831. The number of unbranched alkanes of at least 4 members (excludes halogenated alkanes) is 1. The Morgan fingerprint density at radius 1 is 1.30 bits per heavy atom. The lowest BCUT2D eigenvalue weighted by molar-refractivity contribution is -0.384. The molecule has 6 nitrogen and oxygen atoms in total. The monoisotopic (exact) mass is 275 g/mol. The molecule has 20 heavy (non-hydrogen) atoms. The second kappa shape index (κ2) is 6.81. The number of nitrogens with one attached hydrogen (secondary N) is 1. The summed E-state index contributed by atoms with van der Waals surface area (Å²) in [6.45, 7) is 1.59. The number of hydrogen-bond acceptors (Lipinski definition) is 5. The fourth-order valence-corrected chi connectivity index (χ4v) is 1.91. The highest BCUT2D eigenvalue weighted by Gasteiger charge is 2.06. The van der Waals surface area contributed by atoms with Crippen LogP contribution in [0.4, 0.5) is 11.5 Å². The summed E-state index contributed by atoms with van der Waals surface area (Å²) in [5.74, 6) is 0.781. The van der Waals surface area contributed by atoms with E-state index in [1.54, 1.807) is 13.2 Å². The minimum atomic E-state index is -0.401. The lowest BCUT2D eigenvalue weighted by Crippen LogP contribution is -2.04. The van der Waals surface area contributed by atoms with Crippen molar-refractivity contribution in [1.82, 2.24) is 4.98 Å². The van der Waals surface area contributed by atoms with Crippen molar-refractivity contribution in [3.8, 4) is 0 Å². The summed E-state index contributed by atoms with van der Waals surface area (Å²) < 4.78 is 4.98. The van der Waals surface area contributed by atoms with Crippen LogP contribution in [0.1, 0.15) is 12.8 Å². The Morgan fingerprint density at radius 3 is 2.90 bits per heavy atom. The molecule has 1 N–H and O–H groups in total.